The summed E-state index contributed by atoms with van der Waals surface area (Å²) in [5.74, 6) is 0.697. The zero-order valence-electron chi connectivity index (χ0n) is 19.4. The van der Waals surface area contributed by atoms with Crippen LogP contribution in [0, 0.1) is 23.7 Å². The highest BCUT2D eigenvalue weighted by Gasteiger charge is 2.46. The van der Waals surface area contributed by atoms with Crippen molar-refractivity contribution in [2.75, 3.05) is 18.0 Å². The summed E-state index contributed by atoms with van der Waals surface area (Å²) in [4.78, 5) is 16.2. The molecule has 1 spiro atoms. The first-order chi connectivity index (χ1) is 16.5. The molecule has 4 aromatic rings. The number of nitriles is 1. The van der Waals surface area contributed by atoms with E-state index in [-0.39, 0.29) is 5.56 Å². The van der Waals surface area contributed by atoms with Gasteiger partial charge in [-0.05, 0) is 61.3 Å². The molecule has 1 aliphatic heterocycles. The van der Waals surface area contributed by atoms with Gasteiger partial charge in [0.1, 0.15) is 5.52 Å². The Kier molecular flexibility index (Phi) is 4.80. The molecule has 0 bridgehead atoms. The minimum absolute atomic E-state index is 0.0773. The van der Waals surface area contributed by atoms with Crippen molar-refractivity contribution in [1.29, 1.82) is 5.26 Å². The van der Waals surface area contributed by atoms with Gasteiger partial charge in [0.15, 0.2) is 0 Å². The van der Waals surface area contributed by atoms with Gasteiger partial charge in [0.2, 0.25) is 5.95 Å². The maximum Gasteiger partial charge on any atom is 0.279 e. The highest BCUT2D eigenvalue weighted by molar-refractivity contribution is 5.70. The molecule has 1 aliphatic carbocycles. The van der Waals surface area contributed by atoms with Gasteiger partial charge in [0.05, 0.1) is 18.2 Å². The number of rotatable bonds is 4. The van der Waals surface area contributed by atoms with Crippen LogP contribution in [-0.4, -0.2) is 27.3 Å². The molecule has 2 fully saturated rings. The number of nitrogens with zero attached hydrogens (tertiary/aromatic N) is 5. The third-order valence-electron chi connectivity index (χ3n) is 7.46. The Morgan fingerprint density at radius 3 is 2.62 bits per heavy atom. The normalized spacial score (nSPS) is 16.6. The van der Waals surface area contributed by atoms with Crippen molar-refractivity contribution in [2.45, 2.75) is 39.2 Å². The van der Waals surface area contributed by atoms with Gasteiger partial charge >= 0.3 is 0 Å². The fourth-order valence-corrected chi connectivity index (χ4v) is 5.26. The van der Waals surface area contributed by atoms with Gasteiger partial charge in [0.25, 0.3) is 5.56 Å². The van der Waals surface area contributed by atoms with Crippen LogP contribution in [0.5, 0.6) is 0 Å². The number of hydrogen-bond donors (Lipinski definition) is 0. The van der Waals surface area contributed by atoms with Crippen LogP contribution in [0.1, 0.15) is 42.4 Å². The molecule has 0 radical (unpaired) electrons. The summed E-state index contributed by atoms with van der Waals surface area (Å²) in [6.07, 6.45) is 6.84. The first-order valence-electron chi connectivity index (χ1n) is 12.0. The fourth-order valence-electron chi connectivity index (χ4n) is 5.26. The molecule has 2 aromatic heterocycles. The Hall–Kier alpha value is -3.85. The number of aromatic nitrogens is 3. The molecular weight excluding hydrogens is 422 g/mol. The maximum atomic E-state index is 13.9. The summed E-state index contributed by atoms with van der Waals surface area (Å²) in [7, 11) is 0. The Morgan fingerprint density at radius 2 is 1.85 bits per heavy atom. The molecule has 1 saturated heterocycles. The van der Waals surface area contributed by atoms with Crippen LogP contribution in [0.25, 0.3) is 16.6 Å². The number of fused-ring (bicyclic) bond motifs is 1. The predicted octanol–water partition coefficient (Wildman–Crippen LogP) is 4.77. The molecule has 6 heteroatoms. The lowest BCUT2D eigenvalue weighted by molar-refractivity contribution is 0.386. The summed E-state index contributed by atoms with van der Waals surface area (Å²) in [5.41, 5.74) is 5.53. The van der Waals surface area contributed by atoms with Gasteiger partial charge in [-0.3, -0.25) is 9.36 Å². The lowest BCUT2D eigenvalue weighted by Crippen LogP contribution is -2.41. The van der Waals surface area contributed by atoms with E-state index in [1.807, 2.05) is 30.5 Å². The van der Waals surface area contributed by atoms with E-state index in [2.05, 4.69) is 42.2 Å². The van der Waals surface area contributed by atoms with Crippen molar-refractivity contribution < 1.29 is 0 Å². The third-order valence-corrected chi connectivity index (χ3v) is 7.46. The largest absolute Gasteiger partial charge is 0.340 e. The van der Waals surface area contributed by atoms with E-state index in [4.69, 9.17) is 5.10 Å². The smallest absolute Gasteiger partial charge is 0.279 e. The Morgan fingerprint density at radius 1 is 1.06 bits per heavy atom. The van der Waals surface area contributed by atoms with Crippen LogP contribution >= 0.6 is 0 Å². The average molecular weight is 450 g/mol. The Labute approximate surface area is 198 Å². The molecule has 1 saturated carbocycles. The topological polar surface area (TPSA) is 66.3 Å². The molecule has 0 N–H and O–H groups in total. The van der Waals surface area contributed by atoms with Crippen LogP contribution in [-0.2, 0) is 6.54 Å². The molecule has 170 valence electrons. The number of anilines is 1. The molecule has 0 atom stereocenters. The van der Waals surface area contributed by atoms with Crippen LogP contribution in [0.3, 0.4) is 0 Å². The van der Waals surface area contributed by atoms with Crippen LogP contribution in [0.15, 0.2) is 65.6 Å². The number of piperidine rings is 1. The quantitative estimate of drug-likeness (QED) is 0.450. The first-order valence-corrected chi connectivity index (χ1v) is 12.0. The molecule has 6 rings (SSSR count). The zero-order chi connectivity index (χ0) is 23.3. The molecular formula is C28H27N5O. The van der Waals surface area contributed by atoms with Crippen molar-refractivity contribution in [3.05, 3.63) is 87.8 Å². The molecule has 0 amide bonds. The fraction of sp³-hybridized carbons (Fsp3) is 0.321. The van der Waals surface area contributed by atoms with E-state index in [1.54, 1.807) is 15.1 Å². The molecule has 0 unspecified atom stereocenters. The maximum absolute atomic E-state index is 13.9. The lowest BCUT2D eigenvalue weighted by atomic mass is 9.95. The number of benzene rings is 2. The van der Waals surface area contributed by atoms with E-state index >= 15 is 0 Å². The summed E-state index contributed by atoms with van der Waals surface area (Å²) in [5, 5.41) is 14.6. The van der Waals surface area contributed by atoms with Crippen LogP contribution in [0.4, 0.5) is 5.95 Å². The van der Waals surface area contributed by atoms with Crippen molar-refractivity contribution in [2.24, 2.45) is 5.41 Å². The van der Waals surface area contributed by atoms with Crippen molar-refractivity contribution >= 4 is 11.5 Å². The van der Waals surface area contributed by atoms with Crippen molar-refractivity contribution in [3.8, 4) is 17.2 Å². The van der Waals surface area contributed by atoms with Gasteiger partial charge < -0.3 is 4.90 Å². The van der Waals surface area contributed by atoms with Crippen LogP contribution < -0.4 is 10.5 Å². The van der Waals surface area contributed by atoms with E-state index in [9.17, 15) is 10.1 Å². The monoisotopic (exact) mass is 449 g/mol. The van der Waals surface area contributed by atoms with Gasteiger partial charge in [-0.2, -0.15) is 5.26 Å². The first kappa shape index (κ1) is 20.7. The highest BCUT2D eigenvalue weighted by Crippen LogP contribution is 2.52. The van der Waals surface area contributed by atoms with Gasteiger partial charge in [-0.15, -0.1) is 5.10 Å². The van der Waals surface area contributed by atoms with Gasteiger partial charge in [-0.1, -0.05) is 48.0 Å². The van der Waals surface area contributed by atoms with Crippen LogP contribution in [0.2, 0.25) is 0 Å². The molecule has 2 aliphatic rings. The van der Waals surface area contributed by atoms with E-state index in [0.717, 1.165) is 36.2 Å². The Bertz CT molecular complexity index is 1480. The second kappa shape index (κ2) is 7.88. The molecule has 2 aromatic carbocycles. The minimum Gasteiger partial charge on any atom is -0.340 e. The highest BCUT2D eigenvalue weighted by atomic mass is 16.1. The summed E-state index contributed by atoms with van der Waals surface area (Å²) < 4.78 is 3.51. The van der Waals surface area contributed by atoms with E-state index < -0.39 is 0 Å². The SMILES string of the molecule is Cc1ccc(-c2cc3c(=O)n(Cc4ccccc4C#N)c(N4CCCC5(CC5)C4)nn3c2)cc1. The predicted molar refractivity (Wildman–Crippen MR) is 133 cm³/mol. The number of aryl methyl sites for hydroxylation is 1. The van der Waals surface area contributed by atoms with Crippen molar-refractivity contribution in [3.63, 3.8) is 0 Å². The third kappa shape index (κ3) is 3.58. The summed E-state index contributed by atoms with van der Waals surface area (Å²) in [6.45, 7) is 4.23. The second-order valence-corrected chi connectivity index (χ2v) is 9.91. The van der Waals surface area contributed by atoms with E-state index in [0.29, 0.717) is 29.0 Å². The number of hydrogen-bond acceptors (Lipinski definition) is 4. The summed E-state index contributed by atoms with van der Waals surface area (Å²) in [6, 6.07) is 20.0. The second-order valence-electron chi connectivity index (χ2n) is 9.91. The summed E-state index contributed by atoms with van der Waals surface area (Å²) >= 11 is 0. The molecule has 3 heterocycles. The van der Waals surface area contributed by atoms with Gasteiger partial charge in [-0.25, -0.2) is 4.52 Å². The average Bonchev–Trinajstić information content (AvgIpc) is 3.45. The zero-order valence-corrected chi connectivity index (χ0v) is 19.4. The molecule has 34 heavy (non-hydrogen) atoms. The van der Waals surface area contributed by atoms with Crippen molar-refractivity contribution in [1.82, 2.24) is 14.2 Å². The van der Waals surface area contributed by atoms with E-state index in [1.165, 1.54) is 24.8 Å². The van der Waals surface area contributed by atoms with Gasteiger partial charge in [0, 0.05) is 24.8 Å². The molecule has 6 nitrogen and oxygen atoms in total. The minimum atomic E-state index is -0.0773. The Balaban J connectivity index is 1.51. The lowest BCUT2D eigenvalue weighted by Gasteiger charge is -2.34. The standard InChI is InChI=1S/C28H27N5O/c1-20-7-9-21(10-8-20)24-15-25-26(34)32(17-23-6-3-2-5-22(23)16-29)27(30-33(25)18-24)31-14-4-11-28(19-31)12-13-28/h2-3,5-10,15,18H,4,11-14,17,19H2,1H3.